The van der Waals surface area contributed by atoms with E-state index in [1.165, 1.54) is 0 Å². The molecule has 1 N–H and O–H groups in total. The van der Waals surface area contributed by atoms with Crippen LogP contribution in [0.4, 0.5) is 10.5 Å². The fraction of sp³-hybridized carbons (Fsp3) is 0.500. The average molecular weight is 384 g/mol. The van der Waals surface area contributed by atoms with Gasteiger partial charge in [0, 0.05) is 36.3 Å². The van der Waals surface area contributed by atoms with Crippen molar-refractivity contribution < 1.29 is 14.3 Å². The monoisotopic (exact) mass is 383 g/mol. The maximum absolute atomic E-state index is 12.3. The molecule has 1 saturated heterocycles. The second-order valence-electron chi connectivity index (χ2n) is 5.38. The fourth-order valence-corrected chi connectivity index (χ4v) is 2.94. The lowest BCUT2D eigenvalue weighted by Crippen LogP contribution is -2.51. The molecule has 1 aliphatic rings. The van der Waals surface area contributed by atoms with Gasteiger partial charge in [-0.05, 0) is 37.6 Å². The van der Waals surface area contributed by atoms with Crippen LogP contribution in [-0.4, -0.2) is 61.1 Å². The standard InChI is InChI=1S/C16H22BrN3O3/c1-3-23-16(22)20-8-6-19(7-9-20)15(21)11-18-14-5-4-13(17)10-12(14)2/h4-5,10,18H,3,6-9,11H2,1-2H3. The summed E-state index contributed by atoms with van der Waals surface area (Å²) < 4.78 is 5.99. The summed E-state index contributed by atoms with van der Waals surface area (Å²) in [7, 11) is 0. The number of rotatable bonds is 4. The summed E-state index contributed by atoms with van der Waals surface area (Å²) in [6, 6.07) is 5.90. The van der Waals surface area contributed by atoms with Crippen molar-refractivity contribution in [2.45, 2.75) is 13.8 Å². The third kappa shape index (κ3) is 4.86. The van der Waals surface area contributed by atoms with E-state index < -0.39 is 0 Å². The van der Waals surface area contributed by atoms with Crippen LogP contribution in [0.5, 0.6) is 0 Å². The number of benzene rings is 1. The summed E-state index contributed by atoms with van der Waals surface area (Å²) in [4.78, 5) is 27.3. The van der Waals surface area contributed by atoms with Gasteiger partial charge in [-0.3, -0.25) is 4.79 Å². The number of carbonyl (C=O) groups excluding carboxylic acids is 2. The number of hydrogen-bond donors (Lipinski definition) is 1. The molecule has 7 heteroatoms. The highest BCUT2D eigenvalue weighted by Gasteiger charge is 2.24. The molecule has 6 nitrogen and oxygen atoms in total. The van der Waals surface area contributed by atoms with Crippen LogP contribution >= 0.6 is 15.9 Å². The van der Waals surface area contributed by atoms with Crippen molar-refractivity contribution in [3.8, 4) is 0 Å². The van der Waals surface area contributed by atoms with Crippen molar-refractivity contribution in [1.29, 1.82) is 0 Å². The third-order valence-corrected chi connectivity index (χ3v) is 4.27. The molecule has 1 aromatic carbocycles. The normalized spacial score (nSPS) is 14.6. The van der Waals surface area contributed by atoms with Crippen molar-refractivity contribution in [3.63, 3.8) is 0 Å². The largest absolute Gasteiger partial charge is 0.450 e. The summed E-state index contributed by atoms with van der Waals surface area (Å²) in [5, 5.41) is 3.17. The molecule has 0 spiro atoms. The number of hydrogen-bond acceptors (Lipinski definition) is 4. The Hall–Kier alpha value is -1.76. The van der Waals surface area contributed by atoms with Crippen molar-refractivity contribution in [2.75, 3.05) is 44.6 Å². The molecule has 0 atom stereocenters. The summed E-state index contributed by atoms with van der Waals surface area (Å²) in [5.74, 6) is 0.0378. The number of nitrogens with zero attached hydrogens (tertiary/aromatic N) is 2. The Labute approximate surface area is 144 Å². The van der Waals surface area contributed by atoms with E-state index in [2.05, 4.69) is 21.2 Å². The van der Waals surface area contributed by atoms with Gasteiger partial charge in [-0.1, -0.05) is 15.9 Å². The van der Waals surface area contributed by atoms with Gasteiger partial charge in [-0.15, -0.1) is 0 Å². The lowest BCUT2D eigenvalue weighted by molar-refractivity contribution is -0.130. The van der Waals surface area contributed by atoms with E-state index >= 15 is 0 Å². The number of piperazine rings is 1. The molecular weight excluding hydrogens is 362 g/mol. The molecule has 0 radical (unpaired) electrons. The highest BCUT2D eigenvalue weighted by Crippen LogP contribution is 2.19. The highest BCUT2D eigenvalue weighted by molar-refractivity contribution is 9.10. The van der Waals surface area contributed by atoms with Gasteiger partial charge < -0.3 is 19.9 Å². The Morgan fingerprint density at radius 1 is 1.22 bits per heavy atom. The van der Waals surface area contributed by atoms with Gasteiger partial charge in [0.1, 0.15) is 0 Å². The molecule has 0 aliphatic carbocycles. The van der Waals surface area contributed by atoms with E-state index in [9.17, 15) is 9.59 Å². The van der Waals surface area contributed by atoms with Crippen molar-refractivity contribution in [1.82, 2.24) is 9.80 Å². The zero-order chi connectivity index (χ0) is 16.8. The lowest BCUT2D eigenvalue weighted by Gasteiger charge is -2.34. The number of anilines is 1. The second-order valence-corrected chi connectivity index (χ2v) is 6.30. The van der Waals surface area contributed by atoms with Crippen molar-refractivity contribution in [3.05, 3.63) is 28.2 Å². The first-order valence-corrected chi connectivity index (χ1v) is 8.50. The van der Waals surface area contributed by atoms with Crippen molar-refractivity contribution >= 4 is 33.6 Å². The van der Waals surface area contributed by atoms with Gasteiger partial charge in [-0.2, -0.15) is 0 Å². The molecule has 2 rings (SSSR count). The Bertz CT molecular complexity index is 572. The van der Waals surface area contributed by atoms with Gasteiger partial charge in [0.05, 0.1) is 13.2 Å². The number of aryl methyl sites for hydroxylation is 1. The van der Waals surface area contributed by atoms with Crippen molar-refractivity contribution in [2.24, 2.45) is 0 Å². The topological polar surface area (TPSA) is 61.9 Å². The fourth-order valence-electron chi connectivity index (χ4n) is 2.46. The molecule has 126 valence electrons. The number of ether oxygens (including phenoxy) is 1. The number of halogens is 1. The van der Waals surface area contributed by atoms with Crippen LogP contribution in [0.25, 0.3) is 0 Å². The molecule has 0 saturated carbocycles. The second kappa shape index (κ2) is 8.19. The predicted octanol–water partition coefficient (Wildman–Crippen LogP) is 2.47. The molecule has 0 aromatic heterocycles. The minimum Gasteiger partial charge on any atom is -0.450 e. The first-order chi connectivity index (χ1) is 11.0. The van der Waals surface area contributed by atoms with E-state index in [4.69, 9.17) is 4.74 Å². The zero-order valence-corrected chi connectivity index (χ0v) is 15.1. The number of amides is 2. The molecule has 1 aromatic rings. The Kier molecular flexibility index (Phi) is 6.27. The van der Waals surface area contributed by atoms with E-state index in [1.54, 1.807) is 16.7 Å². The Morgan fingerprint density at radius 2 is 1.87 bits per heavy atom. The first-order valence-electron chi connectivity index (χ1n) is 7.70. The maximum atomic E-state index is 12.3. The summed E-state index contributed by atoms with van der Waals surface area (Å²) in [6.45, 7) is 6.51. The Balaban J connectivity index is 1.80. The summed E-state index contributed by atoms with van der Waals surface area (Å²) in [6.07, 6.45) is -0.303. The number of nitrogens with one attached hydrogen (secondary N) is 1. The van der Waals surface area contributed by atoms with Crippen LogP contribution in [-0.2, 0) is 9.53 Å². The highest BCUT2D eigenvalue weighted by atomic mass is 79.9. The molecule has 1 fully saturated rings. The molecule has 1 heterocycles. The molecule has 2 amide bonds. The van der Waals surface area contributed by atoms with Crippen LogP contribution in [0, 0.1) is 6.92 Å². The molecule has 0 bridgehead atoms. The molecule has 1 aliphatic heterocycles. The zero-order valence-electron chi connectivity index (χ0n) is 13.5. The average Bonchev–Trinajstić information content (AvgIpc) is 2.54. The van der Waals surface area contributed by atoms with Crippen LogP contribution < -0.4 is 5.32 Å². The minimum atomic E-state index is -0.303. The first kappa shape index (κ1) is 17.6. The van der Waals surface area contributed by atoms with Gasteiger partial charge >= 0.3 is 6.09 Å². The molecule has 23 heavy (non-hydrogen) atoms. The van der Waals surface area contributed by atoms with Gasteiger partial charge in [0.25, 0.3) is 0 Å². The van der Waals surface area contributed by atoms with Crippen LogP contribution in [0.15, 0.2) is 22.7 Å². The van der Waals surface area contributed by atoms with E-state index in [0.29, 0.717) is 32.8 Å². The van der Waals surface area contributed by atoms with Crippen LogP contribution in [0.3, 0.4) is 0 Å². The molecule has 0 unspecified atom stereocenters. The SMILES string of the molecule is CCOC(=O)N1CCN(C(=O)CNc2ccc(Br)cc2C)CC1. The maximum Gasteiger partial charge on any atom is 0.409 e. The molecular formula is C16H22BrN3O3. The number of carbonyl (C=O) groups is 2. The van der Waals surface area contributed by atoms with Gasteiger partial charge in [0.15, 0.2) is 0 Å². The third-order valence-electron chi connectivity index (χ3n) is 3.78. The predicted molar refractivity (Wildman–Crippen MR) is 92.5 cm³/mol. The summed E-state index contributed by atoms with van der Waals surface area (Å²) >= 11 is 3.42. The smallest absolute Gasteiger partial charge is 0.409 e. The Morgan fingerprint density at radius 3 is 2.48 bits per heavy atom. The quantitative estimate of drug-likeness (QED) is 0.867. The van der Waals surface area contributed by atoms with Gasteiger partial charge in [0.2, 0.25) is 5.91 Å². The van der Waals surface area contributed by atoms with E-state index in [0.717, 1.165) is 15.7 Å². The summed E-state index contributed by atoms with van der Waals surface area (Å²) in [5.41, 5.74) is 2.03. The lowest BCUT2D eigenvalue weighted by atomic mass is 10.2. The van der Waals surface area contributed by atoms with E-state index in [-0.39, 0.29) is 18.5 Å². The van der Waals surface area contributed by atoms with E-state index in [1.807, 2.05) is 25.1 Å². The minimum absolute atomic E-state index is 0.0378. The van der Waals surface area contributed by atoms with Crippen LogP contribution in [0.1, 0.15) is 12.5 Å². The van der Waals surface area contributed by atoms with Crippen LogP contribution in [0.2, 0.25) is 0 Å². The van der Waals surface area contributed by atoms with Gasteiger partial charge in [-0.25, -0.2) is 4.79 Å².